The Morgan fingerprint density at radius 1 is 1.08 bits per heavy atom. The van der Waals surface area contributed by atoms with Crippen LogP contribution < -0.4 is 10.4 Å². The maximum absolute atomic E-state index is 11.9. The highest BCUT2D eigenvalue weighted by molar-refractivity contribution is 6.62. The van der Waals surface area contributed by atoms with Crippen LogP contribution in [0.3, 0.4) is 0 Å². The summed E-state index contributed by atoms with van der Waals surface area (Å²) in [5.41, 5.74) is 1.50. The molecule has 5 nitrogen and oxygen atoms in total. The molecule has 0 unspecified atom stereocenters. The molecule has 142 valence electrons. The lowest BCUT2D eigenvalue weighted by Crippen LogP contribution is -2.58. The fourth-order valence-electron chi connectivity index (χ4n) is 4.00. The van der Waals surface area contributed by atoms with Crippen molar-refractivity contribution in [2.24, 2.45) is 0 Å². The molecule has 0 bridgehead atoms. The van der Waals surface area contributed by atoms with Gasteiger partial charge in [0.15, 0.2) is 0 Å². The second kappa shape index (κ2) is 6.57. The van der Waals surface area contributed by atoms with Crippen LogP contribution in [0.4, 0.5) is 5.69 Å². The number of anilines is 1. The number of hydrogen-bond acceptors (Lipinski definition) is 4. The van der Waals surface area contributed by atoms with Crippen LogP contribution in [0, 0.1) is 0 Å². The van der Waals surface area contributed by atoms with Gasteiger partial charge in [0.2, 0.25) is 5.91 Å². The van der Waals surface area contributed by atoms with Crippen LogP contribution >= 0.6 is 0 Å². The van der Waals surface area contributed by atoms with Gasteiger partial charge in [-0.2, -0.15) is 0 Å². The summed E-state index contributed by atoms with van der Waals surface area (Å²) in [7, 11) is -0.353. The predicted octanol–water partition coefficient (Wildman–Crippen LogP) is 2.43. The van der Waals surface area contributed by atoms with Crippen molar-refractivity contribution >= 4 is 24.2 Å². The van der Waals surface area contributed by atoms with E-state index in [9.17, 15) is 4.79 Å². The normalized spacial score (nSPS) is 27.7. The van der Waals surface area contributed by atoms with E-state index in [0.717, 1.165) is 24.2 Å². The van der Waals surface area contributed by atoms with E-state index in [-0.39, 0.29) is 36.3 Å². The summed E-state index contributed by atoms with van der Waals surface area (Å²) in [5.74, 6) is 0.149. The van der Waals surface area contributed by atoms with Gasteiger partial charge in [0.05, 0.1) is 11.2 Å². The van der Waals surface area contributed by atoms with Gasteiger partial charge in [-0.25, -0.2) is 0 Å². The highest BCUT2D eigenvalue weighted by atomic mass is 16.7. The quantitative estimate of drug-likeness (QED) is 0.762. The maximum atomic E-state index is 11.9. The Morgan fingerprint density at radius 2 is 1.62 bits per heavy atom. The van der Waals surface area contributed by atoms with Crippen molar-refractivity contribution in [1.82, 2.24) is 4.90 Å². The lowest BCUT2D eigenvalue weighted by Gasteiger charge is -2.45. The Morgan fingerprint density at radius 3 is 2.12 bits per heavy atom. The molecule has 1 aromatic rings. The van der Waals surface area contributed by atoms with Crippen LogP contribution in [0.1, 0.15) is 48.5 Å². The van der Waals surface area contributed by atoms with Crippen molar-refractivity contribution in [3.63, 3.8) is 0 Å². The first-order valence-electron chi connectivity index (χ1n) is 9.51. The molecule has 2 aliphatic rings. The summed E-state index contributed by atoms with van der Waals surface area (Å²) < 4.78 is 12.4. The lowest BCUT2D eigenvalue weighted by atomic mass is 9.79. The third-order valence-corrected chi connectivity index (χ3v) is 6.04. The number of benzene rings is 1. The standard InChI is InChI=1S/C20H31BN2O3/c1-14-12-22(13-15(2)23(14)16(3)24)18-10-8-9-17(11-18)21-25-19(4,5)20(6,7)26-21/h8-11,14-15H,12-13H2,1-7H3/t14-,15+. The number of carbonyl (C=O) groups is 1. The van der Waals surface area contributed by atoms with Gasteiger partial charge in [-0.3, -0.25) is 4.79 Å². The van der Waals surface area contributed by atoms with Crippen molar-refractivity contribution < 1.29 is 14.1 Å². The van der Waals surface area contributed by atoms with E-state index in [1.54, 1.807) is 6.92 Å². The van der Waals surface area contributed by atoms with E-state index < -0.39 is 0 Å². The highest BCUT2D eigenvalue weighted by Crippen LogP contribution is 2.36. The number of amides is 1. The minimum absolute atomic E-state index is 0.149. The van der Waals surface area contributed by atoms with Crippen LogP contribution in [-0.4, -0.2) is 54.3 Å². The summed E-state index contributed by atoms with van der Waals surface area (Å²) in [6, 6.07) is 8.78. The minimum Gasteiger partial charge on any atom is -0.399 e. The molecule has 2 fully saturated rings. The van der Waals surface area contributed by atoms with Crippen LogP contribution in [0.15, 0.2) is 24.3 Å². The number of carbonyl (C=O) groups excluding carboxylic acids is 1. The SMILES string of the molecule is CC(=O)N1[C@H](C)CN(c2cccc(B3OC(C)(C)C(C)(C)O3)c2)C[C@@H]1C. The monoisotopic (exact) mass is 358 g/mol. The Balaban J connectivity index is 1.80. The summed E-state index contributed by atoms with van der Waals surface area (Å²) in [5, 5.41) is 0. The molecule has 0 aliphatic carbocycles. The summed E-state index contributed by atoms with van der Waals surface area (Å²) in [6.45, 7) is 15.8. The number of nitrogens with zero attached hydrogens (tertiary/aromatic N) is 2. The van der Waals surface area contributed by atoms with Crippen LogP contribution in [0.2, 0.25) is 0 Å². The first kappa shape index (κ1) is 19.2. The third kappa shape index (κ3) is 3.37. The first-order valence-corrected chi connectivity index (χ1v) is 9.51. The molecule has 3 rings (SSSR count). The van der Waals surface area contributed by atoms with Gasteiger partial charge < -0.3 is 19.1 Å². The Bertz CT molecular complexity index is 663. The fourth-order valence-corrected chi connectivity index (χ4v) is 4.00. The van der Waals surface area contributed by atoms with Gasteiger partial charge in [-0.1, -0.05) is 12.1 Å². The fraction of sp³-hybridized carbons (Fsp3) is 0.650. The van der Waals surface area contributed by atoms with Gasteiger partial charge in [0, 0.05) is 37.8 Å². The second-order valence-corrected chi connectivity index (χ2v) is 8.71. The van der Waals surface area contributed by atoms with Crippen LogP contribution in [0.25, 0.3) is 0 Å². The van der Waals surface area contributed by atoms with E-state index in [4.69, 9.17) is 9.31 Å². The van der Waals surface area contributed by atoms with Crippen molar-refractivity contribution in [3.8, 4) is 0 Å². The molecular weight excluding hydrogens is 327 g/mol. The molecule has 0 aromatic heterocycles. The van der Waals surface area contributed by atoms with Gasteiger partial charge in [0.1, 0.15) is 0 Å². The molecule has 0 radical (unpaired) electrons. The van der Waals surface area contributed by atoms with Crippen molar-refractivity contribution in [2.45, 2.75) is 71.8 Å². The molecule has 2 atom stereocenters. The van der Waals surface area contributed by atoms with E-state index in [1.807, 2.05) is 4.90 Å². The Hall–Kier alpha value is -1.53. The zero-order valence-electron chi connectivity index (χ0n) is 17.1. The largest absolute Gasteiger partial charge is 0.494 e. The molecule has 1 amide bonds. The molecule has 0 spiro atoms. The first-order chi connectivity index (χ1) is 12.0. The van der Waals surface area contributed by atoms with Gasteiger partial charge in [-0.15, -0.1) is 0 Å². The van der Waals surface area contributed by atoms with Gasteiger partial charge in [0.25, 0.3) is 0 Å². The van der Waals surface area contributed by atoms with Crippen molar-refractivity contribution in [2.75, 3.05) is 18.0 Å². The van der Waals surface area contributed by atoms with E-state index in [2.05, 4.69) is 70.7 Å². The molecule has 2 heterocycles. The van der Waals surface area contributed by atoms with Gasteiger partial charge >= 0.3 is 7.12 Å². The molecule has 0 N–H and O–H groups in total. The third-order valence-electron chi connectivity index (χ3n) is 6.04. The lowest BCUT2D eigenvalue weighted by molar-refractivity contribution is -0.133. The average molecular weight is 358 g/mol. The molecule has 2 saturated heterocycles. The average Bonchev–Trinajstić information content (AvgIpc) is 2.74. The maximum Gasteiger partial charge on any atom is 0.494 e. The smallest absolute Gasteiger partial charge is 0.399 e. The van der Waals surface area contributed by atoms with Crippen molar-refractivity contribution in [3.05, 3.63) is 24.3 Å². The van der Waals surface area contributed by atoms with E-state index in [0.29, 0.717) is 0 Å². The zero-order valence-corrected chi connectivity index (χ0v) is 17.1. The van der Waals surface area contributed by atoms with Crippen LogP contribution in [-0.2, 0) is 14.1 Å². The molecule has 0 saturated carbocycles. The van der Waals surface area contributed by atoms with Gasteiger partial charge in [-0.05, 0) is 59.1 Å². The van der Waals surface area contributed by atoms with Crippen molar-refractivity contribution in [1.29, 1.82) is 0 Å². The Labute approximate surface area is 157 Å². The Kier molecular flexibility index (Phi) is 4.86. The summed E-state index contributed by atoms with van der Waals surface area (Å²) >= 11 is 0. The minimum atomic E-state index is -0.353. The molecule has 2 aliphatic heterocycles. The molecule has 1 aromatic carbocycles. The topological polar surface area (TPSA) is 42.0 Å². The van der Waals surface area contributed by atoms with Crippen LogP contribution in [0.5, 0.6) is 0 Å². The molecule has 6 heteroatoms. The molecule has 26 heavy (non-hydrogen) atoms. The predicted molar refractivity (Wildman–Crippen MR) is 106 cm³/mol. The highest BCUT2D eigenvalue weighted by Gasteiger charge is 2.51. The second-order valence-electron chi connectivity index (χ2n) is 8.71. The number of rotatable bonds is 2. The molecular formula is C20H31BN2O3. The number of hydrogen-bond donors (Lipinski definition) is 0. The van der Waals surface area contributed by atoms with E-state index in [1.165, 1.54) is 0 Å². The van der Waals surface area contributed by atoms with E-state index >= 15 is 0 Å². The summed E-state index contributed by atoms with van der Waals surface area (Å²) in [6.07, 6.45) is 0. The summed E-state index contributed by atoms with van der Waals surface area (Å²) in [4.78, 5) is 16.2. The number of piperazine rings is 1. The zero-order chi connectivity index (χ0) is 19.3.